The zero-order valence-electron chi connectivity index (χ0n) is 41.6. The minimum atomic E-state index is -3.34. The number of imidazole rings is 1. The molecule has 0 saturated carbocycles. The van der Waals surface area contributed by atoms with Crippen LogP contribution in [0.15, 0.2) is 122 Å². The monoisotopic (exact) mass is 971 g/mol. The lowest BCUT2D eigenvalue weighted by molar-refractivity contribution is -0.0878. The van der Waals surface area contributed by atoms with Crippen molar-refractivity contribution in [2.24, 2.45) is 0 Å². The maximum Gasteiger partial charge on any atom is 0.256 e. The number of nitrogens with one attached hydrogen (secondary N) is 1. The van der Waals surface area contributed by atoms with Crippen molar-refractivity contribution in [1.29, 1.82) is 5.26 Å². The van der Waals surface area contributed by atoms with Gasteiger partial charge in [0.1, 0.15) is 35.6 Å². The number of fused-ring (bicyclic) bond motifs is 1. The third kappa shape index (κ3) is 10.2. The summed E-state index contributed by atoms with van der Waals surface area (Å²) >= 11 is 0. The molecule has 3 heterocycles. The average molecular weight is 972 g/mol. The molecule has 1 saturated heterocycles. The Bertz CT molecular complexity index is 2700. The Hall–Kier alpha value is -5.72. The van der Waals surface area contributed by atoms with Crippen LogP contribution in [0.5, 0.6) is 11.5 Å². The number of benzene rings is 4. The Morgan fingerprint density at radius 2 is 1.39 bits per heavy atom. The summed E-state index contributed by atoms with van der Waals surface area (Å²) in [6, 6.07) is 36.3. The standard InChI is InChI=1S/C53H66N7O7PSi/c1-36(2)68(62,37(3)4)60(32-18-31-54)46-44(33-65-53(39-21-16-13-17-22-39,40-23-27-42(63-8)28-24-40)41-25-29-43(64-9)30-26-41)66-51(47(46)67-69(10,11)52(5,6)7)59-35-57-45-48(55-34-56-49(45)59)58-50(61)38-19-14-12-15-20-38/h12-17,19-30,34-37,44,46-47,51H,18,32-33H2,1-11H3,(H,55,56,58,61)/t44-,46+,47+,51+/m0/s1. The van der Waals surface area contributed by atoms with E-state index in [9.17, 15) is 10.1 Å². The predicted molar refractivity (Wildman–Crippen MR) is 273 cm³/mol. The number of rotatable bonds is 19. The number of hydrogen-bond acceptors (Lipinski definition) is 11. The molecule has 69 heavy (non-hydrogen) atoms. The second kappa shape index (κ2) is 21.1. The first kappa shape index (κ1) is 51.1. The minimum Gasteiger partial charge on any atom is -0.497 e. The Kier molecular flexibility index (Phi) is 15.6. The quantitative estimate of drug-likeness (QED) is 0.0465. The van der Waals surface area contributed by atoms with Crippen molar-refractivity contribution >= 4 is 38.5 Å². The Morgan fingerprint density at radius 3 is 1.91 bits per heavy atom. The summed E-state index contributed by atoms with van der Waals surface area (Å²) in [4.78, 5) is 27.5. The van der Waals surface area contributed by atoms with Gasteiger partial charge in [0.2, 0.25) is 0 Å². The number of amides is 1. The minimum absolute atomic E-state index is 0.0231. The molecule has 364 valence electrons. The number of carbonyl (C=O) groups excluding carboxylic acids is 1. The molecule has 1 amide bonds. The lowest BCUT2D eigenvalue weighted by Crippen LogP contribution is -2.55. The van der Waals surface area contributed by atoms with E-state index in [1.165, 1.54) is 6.33 Å². The molecule has 14 nitrogen and oxygen atoms in total. The molecular weight excluding hydrogens is 906 g/mol. The SMILES string of the molecule is COc1ccc(C(OC[C@@H]2O[C@@H](n3cnc4c(NC(=O)c5ccccc5)ncnc43)[C@H](O[Si](C)(C)C(C)(C)C)[C@@H]2N(CCC#N)P(=O)(C(C)C)C(C)C)(c2ccccc2)c2ccc(OC)cc2)cc1. The molecular formula is C53H66N7O7PSi. The van der Waals surface area contributed by atoms with E-state index in [0.717, 1.165) is 16.7 Å². The largest absolute Gasteiger partial charge is 0.497 e. The van der Waals surface area contributed by atoms with Gasteiger partial charge in [0.15, 0.2) is 38.8 Å². The number of anilines is 1. The van der Waals surface area contributed by atoms with Crippen LogP contribution >= 0.6 is 7.29 Å². The fraction of sp³-hybridized carbons (Fsp3) is 0.415. The molecule has 2 aromatic heterocycles. The molecule has 0 unspecified atom stereocenters. The van der Waals surface area contributed by atoms with Gasteiger partial charge in [-0.05, 0) is 71.2 Å². The molecule has 4 aromatic carbocycles. The van der Waals surface area contributed by atoms with Crippen LogP contribution in [0.1, 0.15) is 88.2 Å². The fourth-order valence-electron chi connectivity index (χ4n) is 9.13. The molecule has 1 aliphatic rings. The number of nitrogens with zero attached hydrogens (tertiary/aromatic N) is 6. The second-order valence-corrected chi connectivity index (χ2v) is 28.2. The lowest BCUT2D eigenvalue weighted by atomic mass is 9.80. The van der Waals surface area contributed by atoms with Crippen molar-refractivity contribution in [3.8, 4) is 17.6 Å². The number of nitriles is 1. The first-order valence-electron chi connectivity index (χ1n) is 23.5. The van der Waals surface area contributed by atoms with Crippen LogP contribution in [-0.2, 0) is 24.1 Å². The Morgan fingerprint density at radius 1 is 0.841 bits per heavy atom. The van der Waals surface area contributed by atoms with E-state index in [4.69, 9.17) is 33.3 Å². The summed E-state index contributed by atoms with van der Waals surface area (Å²) < 4.78 is 53.9. The van der Waals surface area contributed by atoms with Crippen LogP contribution < -0.4 is 14.8 Å². The number of ether oxygens (including phenoxy) is 4. The highest BCUT2D eigenvalue weighted by molar-refractivity contribution is 7.62. The molecule has 16 heteroatoms. The third-order valence-electron chi connectivity index (χ3n) is 13.8. The molecule has 1 fully saturated rings. The van der Waals surface area contributed by atoms with Gasteiger partial charge in [-0.2, -0.15) is 5.26 Å². The number of hydrogen-bond donors (Lipinski definition) is 1. The summed E-state index contributed by atoms with van der Waals surface area (Å²) in [6.45, 7) is 19.0. The molecule has 6 aromatic rings. The molecule has 1 aliphatic heterocycles. The fourth-order valence-corrected chi connectivity index (χ4v) is 13.9. The molecule has 4 atom stereocenters. The molecule has 0 radical (unpaired) electrons. The molecule has 0 spiro atoms. The van der Waals surface area contributed by atoms with E-state index in [-0.39, 0.29) is 47.7 Å². The Labute approximate surface area is 407 Å². The summed E-state index contributed by atoms with van der Waals surface area (Å²) in [5.74, 6) is 1.26. The molecule has 0 aliphatic carbocycles. The first-order chi connectivity index (χ1) is 32.9. The lowest BCUT2D eigenvalue weighted by Gasteiger charge is -2.47. The van der Waals surface area contributed by atoms with Crippen molar-refractivity contribution in [2.45, 2.75) is 114 Å². The zero-order valence-corrected chi connectivity index (χ0v) is 43.5. The van der Waals surface area contributed by atoms with Crippen LogP contribution in [0.25, 0.3) is 11.2 Å². The van der Waals surface area contributed by atoms with Gasteiger partial charge >= 0.3 is 0 Å². The van der Waals surface area contributed by atoms with Gasteiger partial charge in [-0.3, -0.25) is 9.36 Å². The Balaban J connectivity index is 1.45. The number of aromatic nitrogens is 4. The highest BCUT2D eigenvalue weighted by Gasteiger charge is 2.57. The van der Waals surface area contributed by atoms with E-state index < -0.39 is 45.7 Å². The second-order valence-electron chi connectivity index (χ2n) is 19.5. The van der Waals surface area contributed by atoms with Gasteiger partial charge in [0, 0.05) is 29.8 Å². The van der Waals surface area contributed by atoms with Gasteiger partial charge < -0.3 is 33.3 Å². The number of methoxy groups -OCH3 is 2. The van der Waals surface area contributed by atoms with Crippen LogP contribution in [-0.4, -0.2) is 95.4 Å². The average Bonchev–Trinajstić information content (AvgIpc) is 3.93. The maximum atomic E-state index is 16.1. The molecule has 0 bridgehead atoms. The van der Waals surface area contributed by atoms with Crippen LogP contribution in [0.4, 0.5) is 5.82 Å². The van der Waals surface area contributed by atoms with Crippen LogP contribution in [0.2, 0.25) is 18.1 Å². The van der Waals surface area contributed by atoms with Gasteiger partial charge in [0.05, 0.1) is 39.3 Å². The highest BCUT2D eigenvalue weighted by Crippen LogP contribution is 2.62. The summed E-state index contributed by atoms with van der Waals surface area (Å²) in [6.07, 6.45) is 0.638. The van der Waals surface area contributed by atoms with Crippen molar-refractivity contribution in [3.05, 3.63) is 144 Å². The van der Waals surface area contributed by atoms with Crippen LogP contribution in [0.3, 0.4) is 0 Å². The van der Waals surface area contributed by atoms with Gasteiger partial charge in [-0.15, -0.1) is 0 Å². The van der Waals surface area contributed by atoms with Gasteiger partial charge in [-0.1, -0.05) is 121 Å². The van der Waals surface area contributed by atoms with E-state index in [1.54, 1.807) is 44.8 Å². The van der Waals surface area contributed by atoms with Crippen molar-refractivity contribution in [3.63, 3.8) is 0 Å². The summed E-state index contributed by atoms with van der Waals surface area (Å²) in [7, 11) is -2.77. The summed E-state index contributed by atoms with van der Waals surface area (Å²) in [5, 5.41) is 12.9. The third-order valence-corrected chi connectivity index (χ3v) is 22.5. The van der Waals surface area contributed by atoms with E-state index in [2.05, 4.69) is 50.2 Å². The molecule has 1 N–H and O–H groups in total. The smallest absolute Gasteiger partial charge is 0.256 e. The summed E-state index contributed by atoms with van der Waals surface area (Å²) in [5.41, 5.74) is 1.94. The topological polar surface area (TPSA) is 163 Å². The van der Waals surface area contributed by atoms with Crippen molar-refractivity contribution < 1.29 is 32.7 Å². The molecule has 7 rings (SSSR count). The van der Waals surface area contributed by atoms with E-state index >= 15 is 4.57 Å². The first-order valence-corrected chi connectivity index (χ1v) is 28.2. The van der Waals surface area contributed by atoms with E-state index in [0.29, 0.717) is 28.2 Å². The van der Waals surface area contributed by atoms with Gasteiger partial charge in [0.25, 0.3) is 5.91 Å². The zero-order chi connectivity index (χ0) is 49.7. The normalized spacial score (nSPS) is 17.9. The number of carbonyl (C=O) groups is 1. The van der Waals surface area contributed by atoms with Crippen LogP contribution in [0, 0.1) is 11.3 Å². The highest BCUT2D eigenvalue weighted by atomic mass is 31.2. The van der Waals surface area contributed by atoms with Gasteiger partial charge in [-0.25, -0.2) is 19.6 Å². The van der Waals surface area contributed by atoms with E-state index in [1.807, 2.05) is 122 Å². The maximum absolute atomic E-state index is 16.1. The van der Waals surface area contributed by atoms with Crippen molar-refractivity contribution in [1.82, 2.24) is 24.2 Å². The predicted octanol–water partition coefficient (Wildman–Crippen LogP) is 11.1. The van der Waals surface area contributed by atoms with Crippen molar-refractivity contribution in [2.75, 3.05) is 32.7 Å².